The van der Waals surface area contributed by atoms with Gasteiger partial charge < -0.3 is 24.4 Å². The summed E-state index contributed by atoms with van der Waals surface area (Å²) in [6.45, 7) is 3.11. The summed E-state index contributed by atoms with van der Waals surface area (Å²) in [5.41, 5.74) is -1.31. The van der Waals surface area contributed by atoms with Gasteiger partial charge >= 0.3 is 12.2 Å². The first-order valence-electron chi connectivity index (χ1n) is 11.7. The van der Waals surface area contributed by atoms with Gasteiger partial charge in [-0.15, -0.1) is 0 Å². The zero-order valence-electron chi connectivity index (χ0n) is 18.3. The summed E-state index contributed by atoms with van der Waals surface area (Å²) in [6, 6.07) is -0.150. The van der Waals surface area contributed by atoms with Crippen molar-refractivity contribution in [1.82, 2.24) is 24.7 Å². The van der Waals surface area contributed by atoms with Crippen molar-refractivity contribution in [3.63, 3.8) is 0 Å². The molecule has 5 aliphatic rings. The molecule has 2 saturated carbocycles. The Labute approximate surface area is 189 Å². The third-order valence-corrected chi connectivity index (χ3v) is 8.31. The topological polar surface area (TPSA) is 79.7 Å². The number of morpholine rings is 1. The van der Waals surface area contributed by atoms with Crippen LogP contribution in [0, 0.1) is 11.3 Å². The number of rotatable bonds is 3. The molecule has 11 heteroatoms. The molecular formula is C22H28F3N5O3. The highest BCUT2D eigenvalue weighted by Crippen LogP contribution is 2.59. The molecule has 3 amide bonds. The summed E-state index contributed by atoms with van der Waals surface area (Å²) in [7, 11) is 0. The standard InChI is InChI=1S/C22H28F3N5O3/c23-22(24,25)21(2-3-21)17-7-26-13-29(17)8-14-5-20(6-14)11-30(12-20)19(32)28-4-1-16-15(9-28)27-18(31)10-33-16/h7,13-16H,1-6,8-12H2,(H,27,31)/t15-,16+/m1/s1. The molecule has 5 fully saturated rings. The summed E-state index contributed by atoms with van der Waals surface area (Å²) >= 11 is 0. The Morgan fingerprint density at radius 1 is 1.24 bits per heavy atom. The van der Waals surface area contributed by atoms with Crippen molar-refractivity contribution in [2.75, 3.05) is 32.8 Å². The first-order valence-corrected chi connectivity index (χ1v) is 11.7. The maximum absolute atomic E-state index is 13.5. The number of nitrogens with zero attached hydrogens (tertiary/aromatic N) is 4. The van der Waals surface area contributed by atoms with Gasteiger partial charge in [-0.05, 0) is 38.0 Å². The van der Waals surface area contributed by atoms with E-state index in [2.05, 4.69) is 10.3 Å². The van der Waals surface area contributed by atoms with E-state index in [9.17, 15) is 22.8 Å². The number of urea groups is 1. The van der Waals surface area contributed by atoms with E-state index in [1.807, 2.05) is 4.90 Å². The smallest absolute Gasteiger partial charge is 0.366 e. The predicted molar refractivity (Wildman–Crippen MR) is 109 cm³/mol. The van der Waals surface area contributed by atoms with Crippen LogP contribution in [0.5, 0.6) is 0 Å². The second-order valence-electron chi connectivity index (χ2n) is 10.7. The molecule has 0 aromatic carbocycles. The average Bonchev–Trinajstić information content (AvgIpc) is 3.41. The van der Waals surface area contributed by atoms with Crippen LogP contribution in [0.25, 0.3) is 0 Å². The maximum atomic E-state index is 13.5. The Hall–Kier alpha value is -2.30. The van der Waals surface area contributed by atoms with Gasteiger partial charge in [0.2, 0.25) is 5.91 Å². The Kier molecular flexibility index (Phi) is 4.57. The van der Waals surface area contributed by atoms with E-state index in [-0.39, 0.29) is 48.9 Å². The molecule has 1 spiro atoms. The van der Waals surface area contributed by atoms with E-state index in [1.165, 1.54) is 12.5 Å². The lowest BCUT2D eigenvalue weighted by atomic mass is 9.57. The molecule has 180 valence electrons. The van der Waals surface area contributed by atoms with Gasteiger partial charge in [-0.2, -0.15) is 13.2 Å². The summed E-state index contributed by atoms with van der Waals surface area (Å²) < 4.78 is 47.9. The highest BCUT2D eigenvalue weighted by Gasteiger charge is 2.66. The number of ether oxygens (including phenoxy) is 1. The SMILES string of the molecule is O=C1CO[C@H]2CCN(C(=O)N3CC4(CC(Cn5cncc5C5(C(F)(F)F)CC5)C4)C3)C[C@H]2N1. The van der Waals surface area contributed by atoms with Gasteiger partial charge in [0.15, 0.2) is 0 Å². The monoisotopic (exact) mass is 467 g/mol. The Morgan fingerprint density at radius 3 is 2.70 bits per heavy atom. The van der Waals surface area contributed by atoms with Crippen molar-refractivity contribution < 1.29 is 27.5 Å². The highest BCUT2D eigenvalue weighted by atomic mass is 19.4. The molecule has 2 atom stereocenters. The van der Waals surface area contributed by atoms with E-state index in [4.69, 9.17) is 4.74 Å². The van der Waals surface area contributed by atoms with Gasteiger partial charge in [-0.25, -0.2) is 9.78 Å². The number of hydrogen-bond donors (Lipinski definition) is 1. The molecule has 33 heavy (non-hydrogen) atoms. The first-order chi connectivity index (χ1) is 15.7. The Morgan fingerprint density at radius 2 is 2.00 bits per heavy atom. The van der Waals surface area contributed by atoms with Crippen LogP contribution in [0.4, 0.5) is 18.0 Å². The van der Waals surface area contributed by atoms with Crippen molar-refractivity contribution in [3.05, 3.63) is 18.2 Å². The molecule has 6 rings (SSSR count). The van der Waals surface area contributed by atoms with Gasteiger partial charge in [-0.1, -0.05) is 0 Å². The second-order valence-corrected chi connectivity index (χ2v) is 10.7. The minimum Gasteiger partial charge on any atom is -0.366 e. The lowest BCUT2D eigenvalue weighted by molar-refractivity contribution is -0.162. The highest BCUT2D eigenvalue weighted by molar-refractivity contribution is 5.79. The molecular weight excluding hydrogens is 439 g/mol. The van der Waals surface area contributed by atoms with Crippen LogP contribution >= 0.6 is 0 Å². The molecule has 3 saturated heterocycles. The average molecular weight is 467 g/mol. The number of hydrogen-bond acceptors (Lipinski definition) is 4. The zero-order chi connectivity index (χ0) is 23.0. The number of carbonyl (C=O) groups excluding carboxylic acids is 2. The number of piperidine rings is 1. The largest absolute Gasteiger partial charge is 0.399 e. The molecule has 4 heterocycles. The quantitative estimate of drug-likeness (QED) is 0.737. The minimum atomic E-state index is -4.23. The maximum Gasteiger partial charge on any atom is 0.399 e. The van der Waals surface area contributed by atoms with Crippen LogP contribution in [-0.4, -0.2) is 82.4 Å². The number of carbonyl (C=O) groups is 2. The third kappa shape index (κ3) is 3.41. The van der Waals surface area contributed by atoms with Crippen LogP contribution in [0.2, 0.25) is 0 Å². The number of nitrogens with one attached hydrogen (secondary N) is 1. The van der Waals surface area contributed by atoms with Crippen LogP contribution in [0.15, 0.2) is 12.5 Å². The van der Waals surface area contributed by atoms with Gasteiger partial charge in [0.05, 0.1) is 24.2 Å². The van der Waals surface area contributed by atoms with Crippen LogP contribution in [0.1, 0.15) is 37.8 Å². The molecule has 1 N–H and O–H groups in total. The van der Waals surface area contributed by atoms with E-state index in [0.717, 1.165) is 12.8 Å². The van der Waals surface area contributed by atoms with Crippen LogP contribution < -0.4 is 5.32 Å². The van der Waals surface area contributed by atoms with Crippen molar-refractivity contribution in [3.8, 4) is 0 Å². The molecule has 1 aromatic rings. The summed E-state index contributed by atoms with van der Waals surface area (Å²) in [4.78, 5) is 32.2. The number of halogens is 3. The van der Waals surface area contributed by atoms with Crippen LogP contribution in [-0.2, 0) is 21.5 Å². The van der Waals surface area contributed by atoms with Crippen molar-refractivity contribution in [2.24, 2.45) is 11.3 Å². The van der Waals surface area contributed by atoms with Gasteiger partial charge in [0, 0.05) is 44.3 Å². The summed E-state index contributed by atoms with van der Waals surface area (Å²) in [5.74, 6) is 0.169. The second kappa shape index (κ2) is 7.10. The third-order valence-electron chi connectivity index (χ3n) is 8.31. The van der Waals surface area contributed by atoms with E-state index >= 15 is 0 Å². The van der Waals surface area contributed by atoms with E-state index in [1.54, 1.807) is 9.47 Å². The van der Waals surface area contributed by atoms with Gasteiger partial charge in [0.1, 0.15) is 12.0 Å². The molecule has 8 nitrogen and oxygen atoms in total. The van der Waals surface area contributed by atoms with Crippen molar-refractivity contribution >= 4 is 11.9 Å². The number of likely N-dealkylation sites (tertiary alicyclic amines) is 2. The number of aromatic nitrogens is 2. The number of fused-ring (bicyclic) bond motifs is 1. The van der Waals surface area contributed by atoms with Crippen molar-refractivity contribution in [1.29, 1.82) is 0 Å². The van der Waals surface area contributed by atoms with Crippen molar-refractivity contribution in [2.45, 2.75) is 62.4 Å². The van der Waals surface area contributed by atoms with Gasteiger partial charge in [-0.3, -0.25) is 4.79 Å². The lowest BCUT2D eigenvalue weighted by Crippen LogP contribution is -2.68. The molecule has 0 bridgehead atoms. The molecule has 0 unspecified atom stereocenters. The number of imidazole rings is 1. The molecule has 1 aromatic heterocycles. The summed E-state index contributed by atoms with van der Waals surface area (Å²) in [6.07, 6.45) is 1.48. The zero-order valence-corrected chi connectivity index (χ0v) is 18.3. The Bertz CT molecular complexity index is 961. The van der Waals surface area contributed by atoms with Crippen LogP contribution in [0.3, 0.4) is 0 Å². The fourth-order valence-electron chi connectivity index (χ4n) is 6.48. The molecule has 2 aliphatic carbocycles. The molecule has 0 radical (unpaired) electrons. The predicted octanol–water partition coefficient (Wildman–Crippen LogP) is 1.90. The minimum absolute atomic E-state index is 0.0000886. The van der Waals surface area contributed by atoms with E-state index in [0.29, 0.717) is 50.8 Å². The lowest BCUT2D eigenvalue weighted by Gasteiger charge is -2.60. The normalized spacial score (nSPS) is 30.3. The number of amides is 3. The van der Waals surface area contributed by atoms with E-state index < -0.39 is 11.6 Å². The Balaban J connectivity index is 1.01. The summed E-state index contributed by atoms with van der Waals surface area (Å²) in [5, 5.41) is 2.92. The fourth-order valence-corrected chi connectivity index (χ4v) is 6.48. The van der Waals surface area contributed by atoms with Gasteiger partial charge in [0.25, 0.3) is 0 Å². The molecule has 3 aliphatic heterocycles. The fraction of sp³-hybridized carbons (Fsp3) is 0.773. The number of alkyl halides is 3. The first kappa shape index (κ1) is 21.2.